The van der Waals surface area contributed by atoms with Crippen LogP contribution in [0.25, 0.3) is 87.3 Å². The Bertz CT molecular complexity index is 2860. The van der Waals surface area contributed by atoms with Crippen LogP contribution in [-0.4, -0.2) is 25.7 Å². The van der Waals surface area contributed by atoms with Gasteiger partial charge < -0.3 is 0 Å². The fraction of sp³-hybridized carbons (Fsp3) is 0.0698. The first-order chi connectivity index (χ1) is 23.3. The first-order valence-electron chi connectivity index (χ1n) is 16.8. The average molecular weight is 662 g/mol. The molecule has 0 bridgehead atoms. The van der Waals surface area contributed by atoms with Crippen LogP contribution >= 0.6 is 0 Å². The summed E-state index contributed by atoms with van der Waals surface area (Å²) in [5.41, 5.74) is 10.7. The number of benzene rings is 7. The Kier molecular flexibility index (Phi) is 4.93. The van der Waals surface area contributed by atoms with Crippen molar-refractivity contribution in [3.63, 3.8) is 0 Å². The van der Waals surface area contributed by atoms with E-state index in [1.54, 1.807) is 0 Å². The molecule has 47 heavy (non-hydrogen) atoms. The van der Waals surface area contributed by atoms with Gasteiger partial charge in [-0.25, -0.2) is 0 Å². The van der Waals surface area contributed by atoms with Crippen molar-refractivity contribution in [3.05, 3.63) is 133 Å². The van der Waals surface area contributed by atoms with E-state index in [1.165, 1.54) is 103 Å². The van der Waals surface area contributed by atoms with Crippen LogP contribution in [0.3, 0.4) is 0 Å². The molecule has 0 atom stereocenters. The molecule has 0 unspecified atom stereocenters. The maximum absolute atomic E-state index is 3.79. The number of fused-ring (bicyclic) bond motifs is 17. The summed E-state index contributed by atoms with van der Waals surface area (Å²) in [6.07, 6.45) is 1.25. The van der Waals surface area contributed by atoms with Gasteiger partial charge in [-0.1, -0.05) is 20.3 Å². The van der Waals surface area contributed by atoms with E-state index in [0.29, 0.717) is 0 Å². The van der Waals surface area contributed by atoms with Gasteiger partial charge in [0.25, 0.3) is 0 Å². The molecule has 0 aliphatic carbocycles. The van der Waals surface area contributed by atoms with E-state index in [4.69, 9.17) is 0 Å². The number of hydrogen-bond donors (Lipinski definition) is 1. The summed E-state index contributed by atoms with van der Waals surface area (Å²) in [5, 5.41) is 10.8. The fourth-order valence-electron chi connectivity index (χ4n) is 9.23. The summed E-state index contributed by atoms with van der Waals surface area (Å²) in [6.45, 7) is 4.25. The molecule has 7 aromatic carbocycles. The van der Waals surface area contributed by atoms with Gasteiger partial charge in [0, 0.05) is 0 Å². The SMILES string of the molecule is CCC.c1cc[c]2c(c1)-c1[c](ccc3[nH]c4ccccc4c13)[Ge]21[n]2c3ccccc3c3ccc4ccc5c6ccccc6[n]1c5c4c32. The monoisotopic (exact) mass is 663 g/mol. The Morgan fingerprint density at radius 2 is 1.06 bits per heavy atom. The maximum atomic E-state index is 3.76. The number of para-hydroxylation sites is 3. The van der Waals surface area contributed by atoms with Crippen LogP contribution in [0.2, 0.25) is 0 Å². The molecule has 0 radical (unpaired) electrons. The van der Waals surface area contributed by atoms with Crippen LogP contribution in [0.5, 0.6) is 0 Å². The summed E-state index contributed by atoms with van der Waals surface area (Å²) in [4.78, 5) is 3.76. The Labute approximate surface area is 274 Å². The first kappa shape index (κ1) is 25.9. The molecular formula is C43H31GeN3. The van der Waals surface area contributed by atoms with E-state index in [9.17, 15) is 0 Å². The van der Waals surface area contributed by atoms with Crippen molar-refractivity contribution >= 4 is 98.7 Å². The molecule has 10 aromatic rings. The zero-order valence-corrected chi connectivity index (χ0v) is 28.4. The predicted octanol–water partition coefficient (Wildman–Crippen LogP) is 10.1. The minimum atomic E-state index is -3.79. The van der Waals surface area contributed by atoms with Crippen LogP contribution in [-0.2, 0) is 0 Å². The van der Waals surface area contributed by atoms with Gasteiger partial charge in [-0.3, -0.25) is 0 Å². The van der Waals surface area contributed by atoms with Crippen molar-refractivity contribution in [2.24, 2.45) is 0 Å². The van der Waals surface area contributed by atoms with Crippen LogP contribution in [0.1, 0.15) is 20.3 Å². The second kappa shape index (κ2) is 8.96. The Hall–Kier alpha value is -5.26. The minimum absolute atomic E-state index is 1.20. The van der Waals surface area contributed by atoms with Gasteiger partial charge >= 0.3 is 255 Å². The molecule has 222 valence electrons. The van der Waals surface area contributed by atoms with Crippen LogP contribution in [0.4, 0.5) is 0 Å². The second-order valence-corrected chi connectivity index (χ2v) is 20.2. The zero-order valence-electron chi connectivity index (χ0n) is 26.3. The molecular weight excluding hydrogens is 631 g/mol. The summed E-state index contributed by atoms with van der Waals surface area (Å²) in [5.74, 6) is 0. The topological polar surface area (TPSA) is 25.6 Å². The predicted molar refractivity (Wildman–Crippen MR) is 203 cm³/mol. The average Bonchev–Trinajstić information content (AvgIpc) is 3.84. The molecule has 0 saturated heterocycles. The molecule has 3 nitrogen and oxygen atoms in total. The van der Waals surface area contributed by atoms with Gasteiger partial charge in [0.05, 0.1) is 0 Å². The molecule has 5 heterocycles. The second-order valence-electron chi connectivity index (χ2n) is 13.2. The van der Waals surface area contributed by atoms with E-state index >= 15 is 0 Å². The summed E-state index contributed by atoms with van der Waals surface area (Å²) < 4.78 is 8.80. The van der Waals surface area contributed by atoms with Gasteiger partial charge in [0.15, 0.2) is 0 Å². The number of nitrogens with zero attached hydrogens (tertiary/aromatic N) is 2. The van der Waals surface area contributed by atoms with Crippen molar-refractivity contribution in [2.45, 2.75) is 20.3 Å². The number of H-pyrrole nitrogens is 1. The van der Waals surface area contributed by atoms with Crippen LogP contribution in [0, 0.1) is 0 Å². The van der Waals surface area contributed by atoms with Crippen molar-refractivity contribution in [3.8, 4) is 11.1 Å². The standard InChI is InChI=1S/C40H23GeN3.C3H8/c1-5-13-30-28(11-1)37-31(21-22-33-38(37)29-12-2-6-14-32(29)42-33)41(30)43-34-15-7-3-9-24(34)26-19-17-23-18-20-27-25-10-4-8-16-35(25)44(41)40(27)36(23)39(26)43;1-3-2/h1-22,42H;3H2,1-2H3. The van der Waals surface area contributed by atoms with Gasteiger partial charge in [-0.2, -0.15) is 0 Å². The number of aromatic amines is 1. The molecule has 0 amide bonds. The third-order valence-corrected chi connectivity index (χ3v) is 20.3. The Morgan fingerprint density at radius 1 is 0.489 bits per heavy atom. The molecule has 2 aliphatic heterocycles. The number of hydrogen-bond acceptors (Lipinski definition) is 0. The van der Waals surface area contributed by atoms with Gasteiger partial charge in [0.1, 0.15) is 0 Å². The first-order valence-corrected chi connectivity index (χ1v) is 20.8. The van der Waals surface area contributed by atoms with Gasteiger partial charge in [0.2, 0.25) is 0 Å². The third-order valence-electron chi connectivity index (χ3n) is 10.7. The normalized spacial score (nSPS) is 14.0. The summed E-state index contributed by atoms with van der Waals surface area (Å²) in [7, 11) is 0. The Morgan fingerprint density at radius 3 is 1.74 bits per heavy atom. The van der Waals surface area contributed by atoms with Crippen molar-refractivity contribution in [2.75, 3.05) is 0 Å². The molecule has 12 rings (SSSR count). The van der Waals surface area contributed by atoms with E-state index in [0.717, 1.165) is 0 Å². The zero-order chi connectivity index (χ0) is 31.0. The molecule has 2 aliphatic rings. The van der Waals surface area contributed by atoms with E-state index < -0.39 is 13.7 Å². The molecule has 4 heteroatoms. The van der Waals surface area contributed by atoms with Crippen LogP contribution < -0.4 is 8.79 Å². The summed E-state index contributed by atoms with van der Waals surface area (Å²) >= 11 is -3.79. The number of aromatic nitrogens is 3. The molecule has 1 N–H and O–H groups in total. The Balaban J connectivity index is 0.000000873. The fourth-order valence-corrected chi connectivity index (χ4v) is 20.7. The summed E-state index contributed by atoms with van der Waals surface area (Å²) in [6, 6.07) is 50.7. The third kappa shape index (κ3) is 2.88. The molecule has 1 spiro atoms. The van der Waals surface area contributed by atoms with Crippen LogP contribution in [0.15, 0.2) is 133 Å². The number of rotatable bonds is 0. The molecule has 0 saturated carbocycles. The molecule has 0 fully saturated rings. The van der Waals surface area contributed by atoms with E-state index in [2.05, 4.69) is 159 Å². The van der Waals surface area contributed by atoms with E-state index in [1.807, 2.05) is 0 Å². The quantitative estimate of drug-likeness (QED) is 0.157. The van der Waals surface area contributed by atoms with Crippen molar-refractivity contribution in [1.29, 1.82) is 0 Å². The van der Waals surface area contributed by atoms with Gasteiger partial charge in [-0.15, -0.1) is 0 Å². The van der Waals surface area contributed by atoms with Crippen molar-refractivity contribution in [1.82, 2.24) is 12.0 Å². The van der Waals surface area contributed by atoms with Gasteiger partial charge in [-0.05, 0) is 0 Å². The molecule has 3 aromatic heterocycles. The van der Waals surface area contributed by atoms with Crippen molar-refractivity contribution < 1.29 is 0 Å². The number of nitrogens with one attached hydrogen (secondary N) is 1. The van der Waals surface area contributed by atoms with E-state index in [-0.39, 0.29) is 0 Å².